The molecule has 0 aliphatic rings. The van der Waals surface area contributed by atoms with Crippen LogP contribution in [0.2, 0.25) is 0 Å². The van der Waals surface area contributed by atoms with Gasteiger partial charge in [-0.05, 0) is 30.0 Å². The van der Waals surface area contributed by atoms with Gasteiger partial charge in [0.1, 0.15) is 0 Å². The van der Waals surface area contributed by atoms with Gasteiger partial charge in [0.05, 0.1) is 6.61 Å². The molecule has 0 saturated carbocycles. The Morgan fingerprint density at radius 2 is 1.69 bits per heavy atom. The van der Waals surface area contributed by atoms with Crippen molar-refractivity contribution in [2.24, 2.45) is 17.8 Å². The number of thiocarbonyl (C=S) groups is 1. The maximum Gasteiger partial charge on any atom is 0.166 e. The Morgan fingerprint density at radius 3 is 2.12 bits per heavy atom. The summed E-state index contributed by atoms with van der Waals surface area (Å²) in [5.74, 6) is 2.01. The number of hydrogen-bond donors (Lipinski definition) is 2. The van der Waals surface area contributed by atoms with Gasteiger partial charge in [-0.1, -0.05) is 27.7 Å². The van der Waals surface area contributed by atoms with E-state index in [0.717, 1.165) is 18.2 Å². The quantitative estimate of drug-likeness (QED) is 0.532. The predicted molar refractivity (Wildman–Crippen MR) is 73.6 cm³/mol. The highest BCUT2D eigenvalue weighted by Gasteiger charge is 2.17. The minimum absolute atomic E-state index is 0.655. The second-order valence-corrected chi connectivity index (χ2v) is 5.19. The van der Waals surface area contributed by atoms with E-state index in [1.807, 2.05) is 0 Å². The van der Waals surface area contributed by atoms with E-state index in [9.17, 15) is 0 Å². The van der Waals surface area contributed by atoms with Gasteiger partial charge in [0.2, 0.25) is 0 Å². The molecule has 0 spiro atoms. The first kappa shape index (κ1) is 15.7. The predicted octanol–water partition coefficient (Wildman–Crippen LogP) is 2.03. The second-order valence-electron chi connectivity index (χ2n) is 4.78. The second kappa shape index (κ2) is 8.76. The zero-order valence-corrected chi connectivity index (χ0v) is 12.0. The third-order valence-electron chi connectivity index (χ3n) is 2.80. The smallest absolute Gasteiger partial charge is 0.166 e. The van der Waals surface area contributed by atoms with Crippen LogP contribution in [0.25, 0.3) is 0 Å². The first-order chi connectivity index (χ1) is 7.49. The van der Waals surface area contributed by atoms with Gasteiger partial charge in [-0.2, -0.15) is 0 Å². The minimum atomic E-state index is 0.655. The molecule has 0 atom stereocenters. The van der Waals surface area contributed by atoms with Crippen LogP contribution in [0, 0.1) is 17.8 Å². The third-order valence-corrected chi connectivity index (χ3v) is 3.09. The first-order valence-electron chi connectivity index (χ1n) is 5.99. The fourth-order valence-electron chi connectivity index (χ4n) is 1.78. The van der Waals surface area contributed by atoms with E-state index in [4.69, 9.17) is 17.0 Å². The van der Waals surface area contributed by atoms with Crippen molar-refractivity contribution in [2.75, 3.05) is 26.8 Å². The maximum absolute atomic E-state index is 5.18. The molecule has 0 saturated heterocycles. The number of methoxy groups -OCH3 is 1. The molecule has 0 unspecified atom stereocenters. The Morgan fingerprint density at radius 1 is 1.12 bits per heavy atom. The van der Waals surface area contributed by atoms with Crippen molar-refractivity contribution in [3.63, 3.8) is 0 Å². The fraction of sp³-hybridized carbons (Fsp3) is 0.917. The molecule has 0 aliphatic carbocycles. The zero-order chi connectivity index (χ0) is 12.6. The maximum atomic E-state index is 5.18. The van der Waals surface area contributed by atoms with Crippen LogP contribution in [-0.2, 0) is 4.74 Å². The number of nitrogens with one attached hydrogen (secondary N) is 2. The highest BCUT2D eigenvalue weighted by Crippen LogP contribution is 2.19. The summed E-state index contributed by atoms with van der Waals surface area (Å²) < 4.78 is 4.94. The molecule has 16 heavy (non-hydrogen) atoms. The van der Waals surface area contributed by atoms with E-state index in [2.05, 4.69) is 38.3 Å². The van der Waals surface area contributed by atoms with Crippen molar-refractivity contribution in [3.8, 4) is 0 Å². The molecule has 96 valence electrons. The zero-order valence-electron chi connectivity index (χ0n) is 11.2. The third kappa shape index (κ3) is 7.01. The fourth-order valence-corrected chi connectivity index (χ4v) is 1.97. The summed E-state index contributed by atoms with van der Waals surface area (Å²) in [6, 6.07) is 0. The molecular weight excluding hydrogens is 220 g/mol. The molecule has 0 aromatic carbocycles. The summed E-state index contributed by atoms with van der Waals surface area (Å²) in [4.78, 5) is 0. The molecule has 0 amide bonds. The first-order valence-corrected chi connectivity index (χ1v) is 6.40. The lowest BCUT2D eigenvalue weighted by Gasteiger charge is -2.25. The van der Waals surface area contributed by atoms with Crippen molar-refractivity contribution in [3.05, 3.63) is 0 Å². The molecule has 0 aliphatic heterocycles. The van der Waals surface area contributed by atoms with Gasteiger partial charge in [-0.25, -0.2) is 0 Å². The van der Waals surface area contributed by atoms with Gasteiger partial charge in [-0.3, -0.25) is 0 Å². The van der Waals surface area contributed by atoms with E-state index in [1.165, 1.54) is 0 Å². The van der Waals surface area contributed by atoms with Gasteiger partial charge in [-0.15, -0.1) is 0 Å². The van der Waals surface area contributed by atoms with Gasteiger partial charge in [0, 0.05) is 20.2 Å². The van der Waals surface area contributed by atoms with Crippen molar-refractivity contribution in [1.82, 2.24) is 10.6 Å². The molecule has 3 nitrogen and oxygen atoms in total. The van der Waals surface area contributed by atoms with Crippen LogP contribution in [0.5, 0.6) is 0 Å². The summed E-state index contributed by atoms with van der Waals surface area (Å²) in [7, 11) is 1.69. The molecule has 4 heteroatoms. The minimum Gasteiger partial charge on any atom is -0.383 e. The van der Waals surface area contributed by atoms with E-state index in [1.54, 1.807) is 7.11 Å². The van der Waals surface area contributed by atoms with Crippen molar-refractivity contribution in [2.45, 2.75) is 27.7 Å². The van der Waals surface area contributed by atoms with E-state index in [-0.39, 0.29) is 0 Å². The van der Waals surface area contributed by atoms with Crippen molar-refractivity contribution < 1.29 is 4.74 Å². The topological polar surface area (TPSA) is 33.3 Å². The van der Waals surface area contributed by atoms with Gasteiger partial charge in [0.25, 0.3) is 0 Å². The normalized spacial score (nSPS) is 11.2. The summed E-state index contributed by atoms with van der Waals surface area (Å²) >= 11 is 5.18. The van der Waals surface area contributed by atoms with Crippen LogP contribution in [0.3, 0.4) is 0 Å². The molecular formula is C12H26N2OS. The van der Waals surface area contributed by atoms with Crippen LogP contribution >= 0.6 is 12.2 Å². The standard InChI is InChI=1S/C12H26N2OS/c1-9(2)11(10(3)4)8-14-12(16)13-6-7-15-5/h9-11H,6-8H2,1-5H3,(H2,13,14,16). The van der Waals surface area contributed by atoms with Crippen LogP contribution in [0.1, 0.15) is 27.7 Å². The summed E-state index contributed by atoms with van der Waals surface area (Å²) in [6.07, 6.45) is 0. The molecule has 0 heterocycles. The molecule has 0 rings (SSSR count). The highest BCUT2D eigenvalue weighted by atomic mass is 32.1. The van der Waals surface area contributed by atoms with Gasteiger partial charge >= 0.3 is 0 Å². The van der Waals surface area contributed by atoms with E-state index >= 15 is 0 Å². The van der Waals surface area contributed by atoms with Crippen molar-refractivity contribution in [1.29, 1.82) is 0 Å². The van der Waals surface area contributed by atoms with Crippen LogP contribution in [-0.4, -0.2) is 31.9 Å². The van der Waals surface area contributed by atoms with Crippen LogP contribution in [0.4, 0.5) is 0 Å². The van der Waals surface area contributed by atoms with Crippen molar-refractivity contribution >= 4 is 17.3 Å². The van der Waals surface area contributed by atoms with Gasteiger partial charge in [0.15, 0.2) is 5.11 Å². The number of ether oxygens (including phenoxy) is 1. The summed E-state index contributed by atoms with van der Waals surface area (Å²) in [5.41, 5.74) is 0. The number of hydrogen-bond acceptors (Lipinski definition) is 2. The molecule has 0 aromatic rings. The van der Waals surface area contributed by atoms with Gasteiger partial charge < -0.3 is 15.4 Å². The summed E-state index contributed by atoms with van der Waals surface area (Å²) in [6.45, 7) is 11.4. The number of rotatable bonds is 7. The molecule has 2 N–H and O–H groups in total. The molecule has 0 aromatic heterocycles. The Hall–Kier alpha value is -0.350. The Labute approximate surface area is 105 Å². The van der Waals surface area contributed by atoms with E-state index in [0.29, 0.717) is 24.4 Å². The Kier molecular flexibility index (Phi) is 8.57. The largest absolute Gasteiger partial charge is 0.383 e. The summed E-state index contributed by atoms with van der Waals surface area (Å²) in [5, 5.41) is 7.11. The monoisotopic (exact) mass is 246 g/mol. The molecule has 0 bridgehead atoms. The lowest BCUT2D eigenvalue weighted by Crippen LogP contribution is -2.41. The van der Waals surface area contributed by atoms with Crippen LogP contribution in [0.15, 0.2) is 0 Å². The average Bonchev–Trinajstić information content (AvgIpc) is 2.17. The Bertz CT molecular complexity index is 187. The molecule has 0 radical (unpaired) electrons. The molecule has 0 fully saturated rings. The average molecular weight is 246 g/mol. The van der Waals surface area contributed by atoms with Crippen LogP contribution < -0.4 is 10.6 Å². The lowest BCUT2D eigenvalue weighted by molar-refractivity contribution is 0.203. The lowest BCUT2D eigenvalue weighted by atomic mass is 9.85. The highest BCUT2D eigenvalue weighted by molar-refractivity contribution is 7.80. The van der Waals surface area contributed by atoms with E-state index < -0.39 is 0 Å². The SMILES string of the molecule is COCCNC(=S)NCC(C(C)C)C(C)C. The Balaban J connectivity index is 3.79.